The molecule has 0 saturated carbocycles. The van der Waals surface area contributed by atoms with Crippen molar-refractivity contribution in [1.29, 1.82) is 0 Å². The second-order valence-corrected chi connectivity index (χ2v) is 10.3. The fraction of sp³-hybridized carbons (Fsp3) is 0.367. The Hall–Kier alpha value is -4.71. The van der Waals surface area contributed by atoms with Gasteiger partial charge in [0.25, 0.3) is 0 Å². The highest BCUT2D eigenvalue weighted by molar-refractivity contribution is 5.93. The Bertz CT molecular complexity index is 1530. The summed E-state index contributed by atoms with van der Waals surface area (Å²) in [6.45, 7) is 4.07. The SMILES string of the molecule is CNC(=O)Nc1ccc(-c2nc(N3CCOCC3)nc3c2cnn3C2CCN(C(=O)OCc3ccccc3)CC2)cc1. The summed E-state index contributed by atoms with van der Waals surface area (Å²) in [6, 6.07) is 17.1. The number of carbonyl (C=O) groups excluding carboxylic acids is 2. The Kier molecular flexibility index (Phi) is 8.13. The van der Waals surface area contributed by atoms with E-state index in [0.717, 1.165) is 40.7 Å². The van der Waals surface area contributed by atoms with E-state index in [-0.39, 0.29) is 24.8 Å². The molecule has 42 heavy (non-hydrogen) atoms. The van der Waals surface area contributed by atoms with E-state index < -0.39 is 0 Å². The molecule has 2 N–H and O–H groups in total. The first kappa shape index (κ1) is 27.5. The largest absolute Gasteiger partial charge is 0.445 e. The number of nitrogens with zero attached hydrogens (tertiary/aromatic N) is 6. The van der Waals surface area contributed by atoms with Gasteiger partial charge in [0.15, 0.2) is 5.65 Å². The topological polar surface area (TPSA) is 127 Å². The first-order chi connectivity index (χ1) is 20.6. The molecule has 2 aromatic carbocycles. The predicted molar refractivity (Wildman–Crippen MR) is 158 cm³/mol. The fourth-order valence-electron chi connectivity index (χ4n) is 5.31. The van der Waals surface area contributed by atoms with Crippen LogP contribution in [0.4, 0.5) is 21.2 Å². The van der Waals surface area contributed by atoms with Gasteiger partial charge in [-0.25, -0.2) is 19.3 Å². The molecule has 2 saturated heterocycles. The Labute approximate surface area is 243 Å². The second-order valence-electron chi connectivity index (χ2n) is 10.3. The van der Waals surface area contributed by atoms with E-state index >= 15 is 0 Å². The quantitative estimate of drug-likeness (QED) is 0.356. The number of hydrogen-bond acceptors (Lipinski definition) is 8. The molecular weight excluding hydrogens is 536 g/mol. The first-order valence-electron chi connectivity index (χ1n) is 14.2. The molecule has 0 spiro atoms. The number of benzene rings is 2. The lowest BCUT2D eigenvalue weighted by Crippen LogP contribution is -2.39. The van der Waals surface area contributed by atoms with Gasteiger partial charge in [0.1, 0.15) is 6.61 Å². The van der Waals surface area contributed by atoms with E-state index in [2.05, 4.69) is 15.5 Å². The van der Waals surface area contributed by atoms with Crippen molar-refractivity contribution < 1.29 is 19.1 Å². The smallest absolute Gasteiger partial charge is 0.410 e. The molecule has 6 rings (SSSR count). The van der Waals surface area contributed by atoms with Crippen molar-refractivity contribution in [1.82, 2.24) is 30.0 Å². The van der Waals surface area contributed by atoms with Crippen molar-refractivity contribution in [3.8, 4) is 11.3 Å². The maximum absolute atomic E-state index is 12.7. The van der Waals surface area contributed by atoms with Gasteiger partial charge in [0.2, 0.25) is 5.95 Å². The maximum atomic E-state index is 12.7. The molecule has 4 heterocycles. The third kappa shape index (κ3) is 5.98. The molecule has 2 fully saturated rings. The fourth-order valence-corrected chi connectivity index (χ4v) is 5.31. The molecule has 0 unspecified atom stereocenters. The summed E-state index contributed by atoms with van der Waals surface area (Å²) in [4.78, 5) is 38.3. The number of fused-ring (bicyclic) bond motifs is 1. The van der Waals surface area contributed by atoms with Crippen LogP contribution < -0.4 is 15.5 Å². The molecule has 2 aromatic heterocycles. The molecule has 12 heteroatoms. The number of nitrogens with one attached hydrogen (secondary N) is 2. The number of rotatable bonds is 6. The lowest BCUT2D eigenvalue weighted by molar-refractivity contribution is 0.0824. The van der Waals surface area contributed by atoms with E-state index in [0.29, 0.717) is 51.0 Å². The summed E-state index contributed by atoms with van der Waals surface area (Å²) in [6.07, 6.45) is 3.01. The van der Waals surface area contributed by atoms with Crippen molar-refractivity contribution in [3.63, 3.8) is 0 Å². The van der Waals surface area contributed by atoms with Gasteiger partial charge in [-0.1, -0.05) is 42.5 Å². The van der Waals surface area contributed by atoms with Crippen LogP contribution in [-0.2, 0) is 16.1 Å². The van der Waals surface area contributed by atoms with Crippen LogP contribution in [-0.4, -0.2) is 83.2 Å². The molecule has 0 radical (unpaired) electrons. The number of morpholine rings is 1. The average molecular weight is 571 g/mol. The van der Waals surface area contributed by atoms with E-state index in [9.17, 15) is 9.59 Å². The normalized spacial score (nSPS) is 15.9. The maximum Gasteiger partial charge on any atom is 0.410 e. The number of aromatic nitrogens is 4. The second kappa shape index (κ2) is 12.4. The highest BCUT2D eigenvalue weighted by atomic mass is 16.6. The third-order valence-electron chi connectivity index (χ3n) is 7.65. The van der Waals surface area contributed by atoms with Gasteiger partial charge in [0, 0.05) is 44.5 Å². The lowest BCUT2D eigenvalue weighted by Gasteiger charge is -2.31. The number of anilines is 2. The third-order valence-corrected chi connectivity index (χ3v) is 7.65. The number of ether oxygens (including phenoxy) is 2. The minimum absolute atomic E-state index is 0.0834. The van der Waals surface area contributed by atoms with E-state index in [1.807, 2.05) is 65.5 Å². The first-order valence-corrected chi connectivity index (χ1v) is 14.2. The molecule has 0 bridgehead atoms. The van der Waals surface area contributed by atoms with Gasteiger partial charge in [-0.15, -0.1) is 0 Å². The van der Waals surface area contributed by atoms with Crippen molar-refractivity contribution in [2.75, 3.05) is 56.7 Å². The average Bonchev–Trinajstić information content (AvgIpc) is 3.48. The summed E-state index contributed by atoms with van der Waals surface area (Å²) in [5.74, 6) is 0.636. The van der Waals surface area contributed by atoms with Crippen molar-refractivity contribution >= 4 is 34.8 Å². The number of piperidine rings is 1. The molecular formula is C30H34N8O4. The Balaban J connectivity index is 1.23. The van der Waals surface area contributed by atoms with Crippen LogP contribution in [0, 0.1) is 0 Å². The Morgan fingerprint density at radius 2 is 1.71 bits per heavy atom. The van der Waals surface area contributed by atoms with E-state index in [1.54, 1.807) is 11.9 Å². The van der Waals surface area contributed by atoms with Crippen molar-refractivity contribution in [2.45, 2.75) is 25.5 Å². The zero-order valence-electron chi connectivity index (χ0n) is 23.5. The van der Waals surface area contributed by atoms with Gasteiger partial charge < -0.3 is 29.9 Å². The van der Waals surface area contributed by atoms with E-state index in [4.69, 9.17) is 24.5 Å². The summed E-state index contributed by atoms with van der Waals surface area (Å²) >= 11 is 0. The highest BCUT2D eigenvalue weighted by Crippen LogP contribution is 2.33. The molecule has 2 aliphatic rings. The summed E-state index contributed by atoms with van der Waals surface area (Å²) in [5.41, 5.74) is 4.09. The summed E-state index contributed by atoms with van der Waals surface area (Å²) < 4.78 is 13.1. The minimum atomic E-state index is -0.295. The summed E-state index contributed by atoms with van der Waals surface area (Å²) in [5, 5.41) is 11.0. The van der Waals surface area contributed by atoms with Crippen LogP contribution in [0.5, 0.6) is 0 Å². The van der Waals surface area contributed by atoms with Crippen LogP contribution in [0.1, 0.15) is 24.4 Å². The van der Waals surface area contributed by atoms with Crippen LogP contribution in [0.2, 0.25) is 0 Å². The van der Waals surface area contributed by atoms with Crippen molar-refractivity contribution in [2.24, 2.45) is 0 Å². The van der Waals surface area contributed by atoms with Gasteiger partial charge in [0.05, 0.1) is 36.5 Å². The minimum Gasteiger partial charge on any atom is -0.445 e. The summed E-state index contributed by atoms with van der Waals surface area (Å²) in [7, 11) is 1.58. The number of likely N-dealkylation sites (tertiary alicyclic amines) is 1. The molecule has 0 atom stereocenters. The zero-order valence-corrected chi connectivity index (χ0v) is 23.5. The number of urea groups is 1. The molecule has 12 nitrogen and oxygen atoms in total. The number of carbonyl (C=O) groups is 2. The monoisotopic (exact) mass is 570 g/mol. The number of hydrogen-bond donors (Lipinski definition) is 2. The predicted octanol–water partition coefficient (Wildman–Crippen LogP) is 4.05. The lowest BCUT2D eigenvalue weighted by atomic mass is 10.1. The molecule has 218 valence electrons. The number of amides is 3. The van der Waals surface area contributed by atoms with Gasteiger partial charge in [-0.2, -0.15) is 10.1 Å². The van der Waals surface area contributed by atoms with E-state index in [1.165, 1.54) is 0 Å². The Morgan fingerprint density at radius 3 is 2.43 bits per heavy atom. The molecule has 3 amide bonds. The van der Waals surface area contributed by atoms with Crippen LogP contribution in [0.25, 0.3) is 22.3 Å². The van der Waals surface area contributed by atoms with Crippen LogP contribution in [0.15, 0.2) is 60.8 Å². The van der Waals surface area contributed by atoms with Crippen molar-refractivity contribution in [3.05, 3.63) is 66.4 Å². The zero-order chi connectivity index (χ0) is 28.9. The van der Waals surface area contributed by atoms with Gasteiger partial charge >= 0.3 is 12.1 Å². The van der Waals surface area contributed by atoms with Crippen LogP contribution in [0.3, 0.4) is 0 Å². The Morgan fingerprint density at radius 1 is 0.976 bits per heavy atom. The van der Waals surface area contributed by atoms with Gasteiger partial charge in [-0.05, 0) is 30.5 Å². The molecule has 4 aromatic rings. The standard InChI is InChI=1S/C30H34N8O4/c1-31-29(39)33-23-9-7-22(8-10-23)26-25-19-32-38(27(25)35-28(34-26)36-15-17-41-18-16-36)24-11-13-37(14-12-24)30(40)42-20-21-5-3-2-4-6-21/h2-10,19,24H,11-18,20H2,1H3,(H2,31,33,39). The molecule has 2 aliphatic heterocycles. The van der Waals surface area contributed by atoms with Gasteiger partial charge in [-0.3, -0.25) is 0 Å². The van der Waals surface area contributed by atoms with Crippen LogP contribution >= 0.6 is 0 Å². The molecule has 0 aliphatic carbocycles. The highest BCUT2D eigenvalue weighted by Gasteiger charge is 2.28.